The van der Waals surface area contributed by atoms with Crippen LogP contribution in [0.2, 0.25) is 0 Å². The van der Waals surface area contributed by atoms with Gasteiger partial charge in [0.15, 0.2) is 6.61 Å². The molecule has 0 heterocycles. The minimum absolute atomic E-state index is 0.0338. The van der Waals surface area contributed by atoms with Crippen LogP contribution in [0.3, 0.4) is 0 Å². The number of halogens is 3. The van der Waals surface area contributed by atoms with Crippen LogP contribution in [-0.2, 0) is 21.1 Å². The summed E-state index contributed by atoms with van der Waals surface area (Å²) >= 11 is 5.99. The Balaban J connectivity index is 4.45. The molecule has 9 heteroatoms. The van der Waals surface area contributed by atoms with Gasteiger partial charge in [0.25, 0.3) is 0 Å². The van der Waals surface area contributed by atoms with Crippen LogP contribution >= 0.6 is 17.0 Å². The Morgan fingerprint density at radius 1 is 1.62 bits per heavy atom. The normalized spacial score (nSPS) is 17.6. The summed E-state index contributed by atoms with van der Waals surface area (Å²) in [4.78, 5) is 10.3. The van der Waals surface area contributed by atoms with Gasteiger partial charge in [-0.1, -0.05) is 25.2 Å². The first kappa shape index (κ1) is 16.2. The van der Waals surface area contributed by atoms with E-state index in [-0.39, 0.29) is 11.7 Å². The van der Waals surface area contributed by atoms with Crippen LogP contribution in [0.15, 0.2) is 0 Å². The van der Waals surface area contributed by atoms with Gasteiger partial charge in [-0.25, -0.2) is 0 Å². The summed E-state index contributed by atoms with van der Waals surface area (Å²) in [5.74, 6) is 0. The van der Waals surface area contributed by atoms with E-state index in [1.165, 1.54) is 0 Å². The molecule has 2 atom stereocenters. The van der Waals surface area contributed by atoms with Crippen molar-refractivity contribution in [2.75, 3.05) is 6.61 Å². The van der Waals surface area contributed by atoms with Gasteiger partial charge in [-0.05, 0) is 18.2 Å². The van der Waals surface area contributed by atoms with Gasteiger partial charge < -0.3 is 9.61 Å². The summed E-state index contributed by atoms with van der Waals surface area (Å²) in [5, 5.41) is 2.22. The summed E-state index contributed by atoms with van der Waals surface area (Å²) in [6.45, 7) is 2.26. The first-order valence-electron chi connectivity index (χ1n) is 4.43. The third-order valence-electron chi connectivity index (χ3n) is 1.50. The molecule has 0 saturated heterocycles. The van der Waals surface area contributed by atoms with Gasteiger partial charge in [-0.15, -0.1) is 0 Å². The molecule has 3 nitrogen and oxygen atoms in total. The highest BCUT2D eigenvalue weighted by atomic mass is 32.9. The second-order valence-corrected chi connectivity index (χ2v) is 9.90. The molecular weight excluding hydrogens is 282 g/mol. The molecule has 0 radical (unpaired) electrons. The fourth-order valence-electron chi connectivity index (χ4n) is 0.632. The Morgan fingerprint density at radius 2 is 2.19 bits per heavy atom. The molecule has 1 amide bonds. The molecule has 0 aliphatic heterocycles. The highest BCUT2D eigenvalue weighted by molar-refractivity contribution is 8.69. The summed E-state index contributed by atoms with van der Waals surface area (Å²) in [7, 11) is 0. The fourth-order valence-corrected chi connectivity index (χ4v) is 6.03. The molecule has 0 rings (SSSR count). The van der Waals surface area contributed by atoms with E-state index in [4.69, 9.17) is 11.8 Å². The molecule has 1 N–H and O–H groups in total. The molecule has 96 valence electrons. The lowest BCUT2D eigenvalue weighted by molar-refractivity contribution is -0.152. The van der Waals surface area contributed by atoms with Crippen molar-refractivity contribution in [3.8, 4) is 0 Å². The van der Waals surface area contributed by atoms with Crippen LogP contribution in [0.5, 0.6) is 0 Å². The Kier molecular flexibility index (Phi) is 6.93. The first-order chi connectivity index (χ1) is 7.22. The lowest BCUT2D eigenvalue weighted by Gasteiger charge is -2.23. The van der Waals surface area contributed by atoms with E-state index in [1.54, 1.807) is 0 Å². The molecule has 0 spiro atoms. The van der Waals surface area contributed by atoms with E-state index in [0.717, 1.165) is 17.8 Å². The smallest absolute Gasteiger partial charge is 0.317 e. The summed E-state index contributed by atoms with van der Waals surface area (Å²) in [6.07, 6.45) is -3.42. The van der Waals surface area contributed by atoms with E-state index in [1.807, 2.05) is 13.8 Å². The Bertz CT molecular complexity index is 275. The summed E-state index contributed by atoms with van der Waals surface area (Å²) < 4.78 is 40.5. The molecule has 2 unspecified atom stereocenters. The monoisotopic (exact) mass is 295 g/mol. The molecule has 0 aromatic heterocycles. The van der Waals surface area contributed by atoms with E-state index in [2.05, 4.69) is 9.61 Å². The molecule has 0 saturated carbocycles. The van der Waals surface area contributed by atoms with Crippen molar-refractivity contribution < 1.29 is 22.5 Å². The van der Waals surface area contributed by atoms with Crippen molar-refractivity contribution in [2.45, 2.75) is 31.7 Å². The topological polar surface area (TPSA) is 38.3 Å². The van der Waals surface area contributed by atoms with E-state index in [9.17, 15) is 18.0 Å². The zero-order chi connectivity index (χ0) is 12.8. The Hall–Kier alpha value is 0.220. The number of amides is 1. The molecule has 0 aliphatic rings. The van der Waals surface area contributed by atoms with Gasteiger partial charge >= 0.3 is 6.18 Å². The highest BCUT2D eigenvalue weighted by Crippen LogP contribution is 2.58. The number of nitrogens with one attached hydrogen (secondary N) is 1. The van der Waals surface area contributed by atoms with Gasteiger partial charge in [0.2, 0.25) is 12.0 Å². The highest BCUT2D eigenvalue weighted by Gasteiger charge is 2.32. The van der Waals surface area contributed by atoms with Crippen LogP contribution in [0.25, 0.3) is 0 Å². The predicted octanol–water partition coefficient (Wildman–Crippen LogP) is 3.07. The second kappa shape index (κ2) is 6.83. The number of rotatable bonds is 7. The van der Waals surface area contributed by atoms with Crippen molar-refractivity contribution in [3.63, 3.8) is 0 Å². The minimum Gasteiger partial charge on any atom is -0.317 e. The van der Waals surface area contributed by atoms with E-state index >= 15 is 0 Å². The first-order valence-corrected chi connectivity index (χ1v) is 8.64. The van der Waals surface area contributed by atoms with Gasteiger partial charge in [0.1, 0.15) is 0 Å². The third kappa shape index (κ3) is 7.49. The largest absolute Gasteiger partial charge is 0.412 e. The molecule has 0 bridgehead atoms. The molecular formula is C7H13F3NO2PS2. The predicted molar refractivity (Wildman–Crippen MR) is 62.8 cm³/mol. The van der Waals surface area contributed by atoms with Gasteiger partial charge in [-0.3, -0.25) is 4.79 Å². The number of hydrogen-bond donors (Lipinski definition) is 1. The summed E-state index contributed by atoms with van der Waals surface area (Å²) in [6, 6.07) is 0. The SMILES string of the molecule is CCC(C)SP(=S)(NC=O)OCC(F)(F)F. The van der Waals surface area contributed by atoms with Gasteiger partial charge in [0, 0.05) is 5.25 Å². The summed E-state index contributed by atoms with van der Waals surface area (Å²) in [5.41, 5.74) is -2.98. The number of hydrogen-bond acceptors (Lipinski definition) is 4. The quantitative estimate of drug-likeness (QED) is 0.578. The minimum atomic E-state index is -4.44. The van der Waals surface area contributed by atoms with Crippen LogP contribution in [-0.4, -0.2) is 24.4 Å². The fraction of sp³-hybridized carbons (Fsp3) is 0.857. The average molecular weight is 295 g/mol. The lowest BCUT2D eigenvalue weighted by atomic mass is 10.4. The van der Waals surface area contributed by atoms with Crippen LogP contribution in [0.1, 0.15) is 20.3 Å². The van der Waals surface area contributed by atoms with Crippen molar-refractivity contribution in [1.82, 2.24) is 5.09 Å². The lowest BCUT2D eigenvalue weighted by Crippen LogP contribution is -2.19. The molecule has 0 aliphatic carbocycles. The Morgan fingerprint density at radius 3 is 2.56 bits per heavy atom. The van der Waals surface area contributed by atoms with E-state index in [0.29, 0.717) is 0 Å². The maximum absolute atomic E-state index is 12.0. The van der Waals surface area contributed by atoms with Gasteiger partial charge in [0.05, 0.1) is 0 Å². The van der Waals surface area contributed by atoms with Crippen molar-refractivity contribution in [3.05, 3.63) is 0 Å². The van der Waals surface area contributed by atoms with Gasteiger partial charge in [-0.2, -0.15) is 13.2 Å². The number of carbonyl (C=O) groups excluding carboxylic acids is 1. The second-order valence-electron chi connectivity index (χ2n) is 2.96. The zero-order valence-corrected chi connectivity index (χ0v) is 11.3. The zero-order valence-electron chi connectivity index (χ0n) is 8.78. The molecule has 0 aromatic carbocycles. The Labute approximate surface area is 101 Å². The van der Waals surface area contributed by atoms with Crippen LogP contribution in [0, 0.1) is 0 Å². The third-order valence-corrected chi connectivity index (χ3v) is 7.32. The van der Waals surface area contributed by atoms with Crippen LogP contribution < -0.4 is 5.09 Å². The molecule has 16 heavy (non-hydrogen) atoms. The standard InChI is InChI=1S/C7H13F3NO2PS2/c1-3-6(2)16-14(15,11-5-12)13-4-7(8,9)10/h5-6H,3-4H2,1-2H3,(H,11,12,15). The van der Waals surface area contributed by atoms with Crippen molar-refractivity contribution >= 4 is 35.2 Å². The van der Waals surface area contributed by atoms with Crippen LogP contribution in [0.4, 0.5) is 13.2 Å². The number of alkyl halides is 3. The number of carbonyl (C=O) groups is 1. The maximum atomic E-state index is 12.0. The van der Waals surface area contributed by atoms with Crippen molar-refractivity contribution in [1.29, 1.82) is 0 Å². The average Bonchev–Trinajstić information content (AvgIpc) is 2.14. The van der Waals surface area contributed by atoms with Crippen molar-refractivity contribution in [2.24, 2.45) is 0 Å². The maximum Gasteiger partial charge on any atom is 0.412 e. The van der Waals surface area contributed by atoms with E-state index < -0.39 is 18.4 Å². The molecule has 0 fully saturated rings. The molecule has 0 aromatic rings.